The van der Waals surface area contributed by atoms with E-state index in [2.05, 4.69) is 32.1 Å². The first-order chi connectivity index (χ1) is 13.0. The van der Waals surface area contributed by atoms with Gasteiger partial charge in [0.2, 0.25) is 0 Å². The first kappa shape index (κ1) is 18.6. The second kappa shape index (κ2) is 7.01. The number of rotatable bonds is 4. The maximum Gasteiger partial charge on any atom is 0.147 e. The van der Waals surface area contributed by atoms with E-state index in [1.807, 2.05) is 24.3 Å². The van der Waals surface area contributed by atoms with E-state index in [1.54, 1.807) is 0 Å². The smallest absolute Gasteiger partial charge is 0.147 e. The summed E-state index contributed by atoms with van der Waals surface area (Å²) >= 11 is 0. The SMILES string of the molecule is C[C@@H]1[C@@H](OCc2ccccc2)CC[C@@]2(C)[C@H]1CC(=O)[C@@]1(C=O)CC=CC[C@@H]21. The van der Waals surface area contributed by atoms with Crippen molar-refractivity contribution in [2.24, 2.45) is 28.6 Å². The Labute approximate surface area is 162 Å². The van der Waals surface area contributed by atoms with Crippen molar-refractivity contribution in [3.05, 3.63) is 48.0 Å². The van der Waals surface area contributed by atoms with Crippen molar-refractivity contribution in [1.29, 1.82) is 0 Å². The Kier molecular flexibility index (Phi) is 4.84. The highest BCUT2D eigenvalue weighted by molar-refractivity contribution is 6.00. The molecule has 0 heterocycles. The molecule has 0 amide bonds. The average molecular weight is 367 g/mol. The minimum absolute atomic E-state index is 0.0333. The Morgan fingerprint density at radius 2 is 2.00 bits per heavy atom. The molecular weight excluding hydrogens is 336 g/mol. The fourth-order valence-corrected chi connectivity index (χ4v) is 6.24. The normalized spacial score (nSPS) is 40.9. The molecule has 0 unspecified atom stereocenters. The highest BCUT2D eigenvalue weighted by atomic mass is 16.5. The van der Waals surface area contributed by atoms with Gasteiger partial charge in [-0.25, -0.2) is 0 Å². The van der Waals surface area contributed by atoms with Crippen molar-refractivity contribution in [2.45, 2.75) is 58.7 Å². The number of ether oxygens (including phenoxy) is 1. The molecule has 1 aromatic carbocycles. The first-order valence-electron chi connectivity index (χ1n) is 10.3. The van der Waals surface area contributed by atoms with Gasteiger partial charge in [-0.3, -0.25) is 4.79 Å². The predicted molar refractivity (Wildman–Crippen MR) is 105 cm³/mol. The van der Waals surface area contributed by atoms with Gasteiger partial charge in [-0.05, 0) is 54.4 Å². The molecule has 0 N–H and O–H groups in total. The number of carbonyl (C=O) groups excluding carboxylic acids is 2. The lowest BCUT2D eigenvalue weighted by Crippen LogP contribution is -2.60. The Bertz CT molecular complexity index is 739. The van der Waals surface area contributed by atoms with Gasteiger partial charge in [0, 0.05) is 6.42 Å². The second-order valence-corrected chi connectivity index (χ2v) is 9.09. The zero-order chi connectivity index (χ0) is 19.1. The van der Waals surface area contributed by atoms with Gasteiger partial charge in [-0.15, -0.1) is 0 Å². The van der Waals surface area contributed by atoms with Crippen molar-refractivity contribution in [3.8, 4) is 0 Å². The monoisotopic (exact) mass is 366 g/mol. The van der Waals surface area contributed by atoms with Gasteiger partial charge in [0.15, 0.2) is 0 Å². The van der Waals surface area contributed by atoms with Gasteiger partial charge in [-0.1, -0.05) is 56.3 Å². The highest BCUT2D eigenvalue weighted by Crippen LogP contribution is 2.62. The van der Waals surface area contributed by atoms with Crippen LogP contribution in [0.2, 0.25) is 0 Å². The van der Waals surface area contributed by atoms with Gasteiger partial charge in [0.1, 0.15) is 12.1 Å². The summed E-state index contributed by atoms with van der Waals surface area (Å²) in [6.45, 7) is 5.20. The third kappa shape index (κ3) is 2.91. The lowest BCUT2D eigenvalue weighted by Gasteiger charge is -2.60. The molecule has 27 heavy (non-hydrogen) atoms. The largest absolute Gasteiger partial charge is 0.373 e. The van der Waals surface area contributed by atoms with E-state index >= 15 is 0 Å². The number of Topliss-reactive ketones (excluding diaryl/α,β-unsaturated/α-hetero) is 1. The Morgan fingerprint density at radius 1 is 1.22 bits per heavy atom. The van der Waals surface area contributed by atoms with Gasteiger partial charge in [0.25, 0.3) is 0 Å². The molecule has 4 rings (SSSR count). The van der Waals surface area contributed by atoms with E-state index in [9.17, 15) is 9.59 Å². The molecule has 3 aliphatic carbocycles. The molecule has 3 nitrogen and oxygen atoms in total. The third-order valence-corrected chi connectivity index (χ3v) is 7.89. The minimum Gasteiger partial charge on any atom is -0.373 e. The van der Waals surface area contributed by atoms with Gasteiger partial charge in [0.05, 0.1) is 18.1 Å². The first-order valence-corrected chi connectivity index (χ1v) is 10.3. The molecule has 1 aromatic rings. The van der Waals surface area contributed by atoms with E-state index in [1.165, 1.54) is 5.56 Å². The number of hydrogen-bond acceptors (Lipinski definition) is 3. The molecule has 144 valence electrons. The fraction of sp³-hybridized carbons (Fsp3) is 0.583. The van der Waals surface area contributed by atoms with Gasteiger partial charge < -0.3 is 9.53 Å². The number of fused-ring (bicyclic) bond motifs is 3. The van der Waals surface area contributed by atoms with Crippen LogP contribution in [0.15, 0.2) is 42.5 Å². The molecule has 0 saturated heterocycles. The zero-order valence-electron chi connectivity index (χ0n) is 16.4. The predicted octanol–water partition coefficient (Wildman–Crippen LogP) is 4.75. The van der Waals surface area contributed by atoms with Crippen LogP contribution >= 0.6 is 0 Å². The summed E-state index contributed by atoms with van der Waals surface area (Å²) in [5, 5.41) is 0. The number of carbonyl (C=O) groups is 2. The summed E-state index contributed by atoms with van der Waals surface area (Å²) in [5.41, 5.74) is 0.443. The van der Waals surface area contributed by atoms with E-state index in [4.69, 9.17) is 4.74 Å². The van der Waals surface area contributed by atoms with Crippen LogP contribution in [0.4, 0.5) is 0 Å². The topological polar surface area (TPSA) is 43.4 Å². The van der Waals surface area contributed by atoms with Crippen LogP contribution in [-0.2, 0) is 20.9 Å². The highest BCUT2D eigenvalue weighted by Gasteiger charge is 2.62. The Balaban J connectivity index is 1.55. The summed E-state index contributed by atoms with van der Waals surface area (Å²) < 4.78 is 6.30. The maximum atomic E-state index is 13.1. The minimum atomic E-state index is -0.780. The van der Waals surface area contributed by atoms with Crippen molar-refractivity contribution in [3.63, 3.8) is 0 Å². The van der Waals surface area contributed by atoms with E-state index < -0.39 is 5.41 Å². The van der Waals surface area contributed by atoms with Crippen molar-refractivity contribution in [1.82, 2.24) is 0 Å². The molecule has 0 radical (unpaired) electrons. The number of benzene rings is 1. The van der Waals surface area contributed by atoms with Crippen LogP contribution < -0.4 is 0 Å². The van der Waals surface area contributed by atoms with Crippen LogP contribution in [0.25, 0.3) is 0 Å². The Morgan fingerprint density at radius 3 is 2.74 bits per heavy atom. The van der Waals surface area contributed by atoms with Crippen LogP contribution in [-0.4, -0.2) is 18.2 Å². The quantitative estimate of drug-likeness (QED) is 0.439. The summed E-state index contributed by atoms with van der Waals surface area (Å²) in [4.78, 5) is 25.2. The summed E-state index contributed by atoms with van der Waals surface area (Å²) in [5.74, 6) is 0.914. The molecule has 6 atom stereocenters. The summed E-state index contributed by atoms with van der Waals surface area (Å²) in [6.07, 6.45) is 9.36. The number of aldehydes is 1. The molecule has 3 heteroatoms. The van der Waals surface area contributed by atoms with Crippen LogP contribution in [0.3, 0.4) is 0 Å². The maximum absolute atomic E-state index is 13.1. The van der Waals surface area contributed by atoms with Gasteiger partial charge >= 0.3 is 0 Å². The summed E-state index contributed by atoms with van der Waals surface area (Å²) in [6, 6.07) is 10.3. The van der Waals surface area contributed by atoms with E-state index in [0.29, 0.717) is 31.3 Å². The van der Waals surface area contributed by atoms with Crippen LogP contribution in [0.5, 0.6) is 0 Å². The molecule has 2 fully saturated rings. The number of hydrogen-bond donors (Lipinski definition) is 0. The van der Waals surface area contributed by atoms with Crippen molar-refractivity contribution >= 4 is 12.1 Å². The van der Waals surface area contributed by atoms with Crippen molar-refractivity contribution in [2.75, 3.05) is 0 Å². The molecule has 0 spiro atoms. The van der Waals surface area contributed by atoms with E-state index in [-0.39, 0.29) is 23.2 Å². The number of ketones is 1. The molecule has 0 aliphatic heterocycles. The molecule has 2 saturated carbocycles. The number of allylic oxidation sites excluding steroid dienone is 2. The van der Waals surface area contributed by atoms with Crippen molar-refractivity contribution < 1.29 is 14.3 Å². The molecule has 3 aliphatic rings. The fourth-order valence-electron chi connectivity index (χ4n) is 6.24. The van der Waals surface area contributed by atoms with Crippen LogP contribution in [0.1, 0.15) is 51.5 Å². The lowest BCUT2D eigenvalue weighted by atomic mass is 9.43. The average Bonchev–Trinajstić information content (AvgIpc) is 2.70. The lowest BCUT2D eigenvalue weighted by molar-refractivity contribution is -0.172. The molecular formula is C24H30O3. The molecule has 0 bridgehead atoms. The Hall–Kier alpha value is -1.74. The second-order valence-electron chi connectivity index (χ2n) is 9.09. The van der Waals surface area contributed by atoms with Crippen LogP contribution in [0, 0.1) is 28.6 Å². The van der Waals surface area contributed by atoms with E-state index in [0.717, 1.165) is 25.5 Å². The zero-order valence-corrected chi connectivity index (χ0v) is 16.4. The third-order valence-electron chi connectivity index (χ3n) is 7.89. The summed E-state index contributed by atoms with van der Waals surface area (Å²) in [7, 11) is 0. The standard InChI is InChI=1S/C24H30O3/c1-17-19-14-22(26)24(16-25)12-7-6-10-21(24)23(19,2)13-11-20(17)27-15-18-8-4-3-5-9-18/h3-9,16-17,19-21H,10-15H2,1-2H3/t17-,19-,20-,21-,23-,24+/m0/s1. The van der Waals surface area contributed by atoms with Gasteiger partial charge in [-0.2, -0.15) is 0 Å². The molecule has 0 aromatic heterocycles.